The first-order valence-electron chi connectivity index (χ1n) is 8.51. The topological polar surface area (TPSA) is 119 Å². The van der Waals surface area contributed by atoms with Crippen molar-refractivity contribution in [3.8, 4) is 5.75 Å². The molecule has 0 radical (unpaired) electrons. The van der Waals surface area contributed by atoms with E-state index < -0.39 is 22.8 Å². The number of carbonyl (C=O) groups is 3. The van der Waals surface area contributed by atoms with Crippen molar-refractivity contribution >= 4 is 51.2 Å². The van der Waals surface area contributed by atoms with Gasteiger partial charge in [0.1, 0.15) is 17.9 Å². The van der Waals surface area contributed by atoms with Crippen LogP contribution in [0.5, 0.6) is 5.75 Å². The first kappa shape index (κ1) is 20.9. The van der Waals surface area contributed by atoms with Gasteiger partial charge >= 0.3 is 6.03 Å². The third-order valence-electron chi connectivity index (χ3n) is 4.05. The second-order valence-electron chi connectivity index (χ2n) is 6.01. The van der Waals surface area contributed by atoms with Crippen molar-refractivity contribution < 1.29 is 24.0 Å². The van der Waals surface area contributed by atoms with Crippen LogP contribution in [0, 0.1) is 10.1 Å². The quantitative estimate of drug-likeness (QED) is 0.226. The van der Waals surface area contributed by atoms with Gasteiger partial charge in [-0.3, -0.25) is 25.0 Å². The normalized spacial score (nSPS) is 15.2. The maximum Gasteiger partial charge on any atom is 0.335 e. The lowest BCUT2D eigenvalue weighted by Crippen LogP contribution is -2.54. The molecular weight excluding hydrogens is 458 g/mol. The van der Waals surface area contributed by atoms with E-state index in [1.807, 2.05) is 0 Å². The summed E-state index contributed by atoms with van der Waals surface area (Å²) in [5, 5.41) is 12.9. The number of nitro benzene ring substituents is 1. The van der Waals surface area contributed by atoms with E-state index in [1.165, 1.54) is 18.2 Å². The van der Waals surface area contributed by atoms with Gasteiger partial charge in [-0.05, 0) is 36.4 Å². The first-order valence-corrected chi connectivity index (χ1v) is 9.30. The summed E-state index contributed by atoms with van der Waals surface area (Å²) >= 11 is 3.33. The molecular formula is C20H14BrN3O6. The number of non-ortho nitro benzene ring substituents is 1. The second kappa shape index (κ2) is 8.70. The van der Waals surface area contributed by atoms with E-state index in [0.717, 1.165) is 17.0 Å². The molecule has 30 heavy (non-hydrogen) atoms. The number of halogens is 1. The van der Waals surface area contributed by atoms with Crippen LogP contribution >= 0.6 is 15.9 Å². The van der Waals surface area contributed by atoms with E-state index in [4.69, 9.17) is 4.74 Å². The van der Waals surface area contributed by atoms with Crippen molar-refractivity contribution in [3.63, 3.8) is 0 Å². The van der Waals surface area contributed by atoms with Gasteiger partial charge in [0, 0.05) is 22.2 Å². The predicted octanol–water partition coefficient (Wildman–Crippen LogP) is 3.59. The van der Waals surface area contributed by atoms with Crippen LogP contribution < -0.4 is 15.0 Å². The number of anilines is 1. The number of nitrogens with one attached hydrogen (secondary N) is 1. The molecule has 0 unspecified atom stereocenters. The third kappa shape index (κ3) is 4.28. The number of benzene rings is 2. The molecule has 1 saturated heterocycles. The largest absolute Gasteiger partial charge is 0.489 e. The van der Waals surface area contributed by atoms with E-state index in [9.17, 15) is 24.5 Å². The van der Waals surface area contributed by atoms with Gasteiger partial charge in [-0.1, -0.05) is 28.6 Å². The Balaban J connectivity index is 2.01. The lowest BCUT2D eigenvalue weighted by molar-refractivity contribution is -0.384. The fourth-order valence-electron chi connectivity index (χ4n) is 2.68. The lowest BCUT2D eigenvalue weighted by atomic mass is 10.1. The lowest BCUT2D eigenvalue weighted by Gasteiger charge is -2.26. The Labute approximate surface area is 178 Å². The Morgan fingerprint density at radius 1 is 1.17 bits per heavy atom. The summed E-state index contributed by atoms with van der Waals surface area (Å²) in [6.45, 7) is 3.79. The minimum atomic E-state index is -0.951. The summed E-state index contributed by atoms with van der Waals surface area (Å²) in [4.78, 5) is 48.5. The number of rotatable bonds is 6. The Morgan fingerprint density at radius 2 is 1.87 bits per heavy atom. The minimum Gasteiger partial charge on any atom is -0.489 e. The zero-order valence-electron chi connectivity index (χ0n) is 15.3. The molecule has 1 aliphatic rings. The smallest absolute Gasteiger partial charge is 0.335 e. The molecule has 3 rings (SSSR count). The van der Waals surface area contributed by atoms with Gasteiger partial charge in [-0.2, -0.15) is 0 Å². The van der Waals surface area contributed by atoms with Gasteiger partial charge < -0.3 is 4.74 Å². The van der Waals surface area contributed by atoms with Gasteiger partial charge in [-0.15, -0.1) is 0 Å². The highest BCUT2D eigenvalue weighted by Crippen LogP contribution is 2.28. The van der Waals surface area contributed by atoms with Crippen LogP contribution in [0.25, 0.3) is 6.08 Å². The van der Waals surface area contributed by atoms with Gasteiger partial charge in [0.25, 0.3) is 17.5 Å². The monoisotopic (exact) mass is 471 g/mol. The fraction of sp³-hybridized carbons (Fsp3) is 0.0500. The number of carbonyl (C=O) groups excluding carboxylic acids is 3. The Hall–Kier alpha value is -3.79. The number of hydrogen-bond donors (Lipinski definition) is 1. The zero-order valence-corrected chi connectivity index (χ0v) is 16.9. The maximum absolute atomic E-state index is 13.0. The van der Waals surface area contributed by atoms with Crippen LogP contribution in [0.1, 0.15) is 5.56 Å². The van der Waals surface area contributed by atoms with Gasteiger partial charge in [0.05, 0.1) is 10.6 Å². The fourth-order valence-corrected chi connectivity index (χ4v) is 3.06. The molecule has 4 amide bonds. The molecule has 0 aromatic heterocycles. The van der Waals surface area contributed by atoms with Crippen LogP contribution in [-0.2, 0) is 9.59 Å². The van der Waals surface area contributed by atoms with E-state index in [0.29, 0.717) is 15.8 Å². The number of ether oxygens (including phenoxy) is 1. The van der Waals surface area contributed by atoms with E-state index in [2.05, 4.69) is 27.8 Å². The van der Waals surface area contributed by atoms with Crippen LogP contribution in [-0.4, -0.2) is 29.4 Å². The van der Waals surface area contributed by atoms with Crippen molar-refractivity contribution in [1.82, 2.24) is 5.32 Å². The summed E-state index contributed by atoms with van der Waals surface area (Å²) in [7, 11) is 0. The number of amides is 4. The molecule has 1 heterocycles. The van der Waals surface area contributed by atoms with Gasteiger partial charge in [-0.25, -0.2) is 9.69 Å². The highest BCUT2D eigenvalue weighted by molar-refractivity contribution is 9.10. The molecule has 152 valence electrons. The van der Waals surface area contributed by atoms with Gasteiger partial charge in [0.15, 0.2) is 0 Å². The van der Waals surface area contributed by atoms with Crippen LogP contribution in [0.2, 0.25) is 0 Å². The van der Waals surface area contributed by atoms with Crippen LogP contribution in [0.15, 0.2) is 65.2 Å². The molecule has 0 spiro atoms. The molecule has 1 fully saturated rings. The maximum atomic E-state index is 13.0. The third-order valence-corrected chi connectivity index (χ3v) is 4.54. The van der Waals surface area contributed by atoms with Crippen molar-refractivity contribution in [2.75, 3.05) is 11.5 Å². The van der Waals surface area contributed by atoms with Gasteiger partial charge in [0.2, 0.25) is 0 Å². The summed E-state index contributed by atoms with van der Waals surface area (Å²) in [6, 6.07) is 8.91. The van der Waals surface area contributed by atoms with Crippen molar-refractivity contribution in [3.05, 3.63) is 80.8 Å². The molecule has 0 saturated carbocycles. The predicted molar refractivity (Wildman–Crippen MR) is 112 cm³/mol. The number of imide groups is 2. The summed E-state index contributed by atoms with van der Waals surface area (Å²) in [6.07, 6.45) is 2.86. The Bertz CT molecular complexity index is 1090. The highest BCUT2D eigenvalue weighted by Gasteiger charge is 2.37. The average Bonchev–Trinajstić information content (AvgIpc) is 2.70. The average molecular weight is 472 g/mol. The molecule has 2 aromatic rings. The van der Waals surface area contributed by atoms with Crippen molar-refractivity contribution in [1.29, 1.82) is 0 Å². The SMILES string of the molecule is C=CCOc1ccc(Br)cc1/C=C1\C(=O)NC(=O)N(c2ccc([N+](=O)[O-])cc2)C1=O. The number of barbiturate groups is 1. The first-order chi connectivity index (χ1) is 14.3. The standard InChI is InChI=1S/C20H14BrN3O6/c1-2-9-30-17-8-3-13(21)10-12(17)11-16-18(25)22-20(27)23(19(16)26)14-4-6-15(7-5-14)24(28)29/h2-8,10-11H,1,9H2,(H,22,25,27)/b16-11+. The molecule has 1 N–H and O–H groups in total. The number of urea groups is 1. The molecule has 2 aromatic carbocycles. The van der Waals surface area contributed by atoms with E-state index in [-0.39, 0.29) is 23.6 Å². The number of nitrogens with zero attached hydrogens (tertiary/aromatic N) is 2. The molecule has 0 bridgehead atoms. The summed E-state index contributed by atoms with van der Waals surface area (Å²) in [5.41, 5.74) is 0.0182. The number of nitro groups is 1. The molecule has 1 aliphatic heterocycles. The molecule has 10 heteroatoms. The minimum absolute atomic E-state index is 0.0823. The van der Waals surface area contributed by atoms with Crippen LogP contribution in [0.3, 0.4) is 0 Å². The highest BCUT2D eigenvalue weighted by atomic mass is 79.9. The summed E-state index contributed by atoms with van der Waals surface area (Å²) < 4.78 is 6.24. The Morgan fingerprint density at radius 3 is 2.50 bits per heavy atom. The van der Waals surface area contributed by atoms with Crippen LogP contribution in [0.4, 0.5) is 16.2 Å². The number of hydrogen-bond acceptors (Lipinski definition) is 6. The van der Waals surface area contributed by atoms with E-state index in [1.54, 1.807) is 24.3 Å². The van der Waals surface area contributed by atoms with Crippen molar-refractivity contribution in [2.45, 2.75) is 0 Å². The second-order valence-corrected chi connectivity index (χ2v) is 6.93. The molecule has 9 nitrogen and oxygen atoms in total. The zero-order chi connectivity index (χ0) is 21.8. The molecule has 0 aliphatic carbocycles. The summed E-state index contributed by atoms with van der Waals surface area (Å²) in [5.74, 6) is -1.32. The van der Waals surface area contributed by atoms with Crippen molar-refractivity contribution in [2.24, 2.45) is 0 Å². The molecule has 0 atom stereocenters. The Kier molecular flexibility index (Phi) is 6.07. The van der Waals surface area contributed by atoms with E-state index >= 15 is 0 Å².